The lowest BCUT2D eigenvalue weighted by atomic mass is 9.93. The van der Waals surface area contributed by atoms with Gasteiger partial charge in [0.05, 0.1) is 5.69 Å². The largest absolute Gasteiger partial charge is 0.313 e. The van der Waals surface area contributed by atoms with Crippen LogP contribution in [0.2, 0.25) is 0 Å². The molecule has 3 heteroatoms. The standard InChI is InChI=1S/C17H25N3/c1-6-20-15(10-14(4)19-20)11-16(18-5)17-12(2)8-7-9-13(17)3/h7-10,16,18H,6,11H2,1-5H3. The number of hydrogen-bond donors (Lipinski definition) is 1. The van der Waals surface area contributed by atoms with Crippen LogP contribution in [0.3, 0.4) is 0 Å². The highest BCUT2D eigenvalue weighted by atomic mass is 15.3. The summed E-state index contributed by atoms with van der Waals surface area (Å²) in [5.41, 5.74) is 6.51. The molecule has 0 fully saturated rings. The Kier molecular flexibility index (Phi) is 4.61. The van der Waals surface area contributed by atoms with Crippen molar-refractivity contribution in [2.24, 2.45) is 0 Å². The van der Waals surface area contributed by atoms with E-state index in [1.54, 1.807) is 0 Å². The summed E-state index contributed by atoms with van der Waals surface area (Å²) in [5.74, 6) is 0. The topological polar surface area (TPSA) is 29.9 Å². The number of nitrogens with one attached hydrogen (secondary N) is 1. The van der Waals surface area contributed by atoms with E-state index < -0.39 is 0 Å². The van der Waals surface area contributed by atoms with E-state index in [9.17, 15) is 0 Å². The minimum absolute atomic E-state index is 0.331. The van der Waals surface area contributed by atoms with Gasteiger partial charge in [-0.15, -0.1) is 0 Å². The Balaban J connectivity index is 2.33. The molecule has 0 saturated carbocycles. The molecule has 0 aliphatic carbocycles. The van der Waals surface area contributed by atoms with E-state index in [-0.39, 0.29) is 0 Å². The molecule has 0 amide bonds. The van der Waals surface area contributed by atoms with Gasteiger partial charge in [-0.2, -0.15) is 5.10 Å². The van der Waals surface area contributed by atoms with Crippen molar-refractivity contribution in [2.75, 3.05) is 7.05 Å². The van der Waals surface area contributed by atoms with Crippen LogP contribution in [-0.2, 0) is 13.0 Å². The molecule has 20 heavy (non-hydrogen) atoms. The lowest BCUT2D eigenvalue weighted by Crippen LogP contribution is -2.22. The number of aromatic nitrogens is 2. The fraction of sp³-hybridized carbons (Fsp3) is 0.471. The number of benzene rings is 1. The van der Waals surface area contributed by atoms with Gasteiger partial charge in [-0.05, 0) is 57.5 Å². The smallest absolute Gasteiger partial charge is 0.0596 e. The van der Waals surface area contributed by atoms with Gasteiger partial charge in [-0.3, -0.25) is 4.68 Å². The Labute approximate surface area is 122 Å². The first-order valence-corrected chi connectivity index (χ1v) is 7.33. The van der Waals surface area contributed by atoms with E-state index in [1.165, 1.54) is 22.4 Å². The van der Waals surface area contributed by atoms with Gasteiger partial charge in [0.15, 0.2) is 0 Å². The Morgan fingerprint density at radius 3 is 2.40 bits per heavy atom. The molecule has 0 spiro atoms. The second kappa shape index (κ2) is 6.23. The fourth-order valence-corrected chi connectivity index (χ4v) is 2.97. The summed E-state index contributed by atoms with van der Waals surface area (Å²) >= 11 is 0. The molecule has 1 heterocycles. The molecule has 0 aliphatic heterocycles. The molecule has 2 aromatic rings. The third-order valence-electron chi connectivity index (χ3n) is 3.94. The van der Waals surface area contributed by atoms with Crippen LogP contribution in [-0.4, -0.2) is 16.8 Å². The molecule has 0 saturated heterocycles. The predicted octanol–water partition coefficient (Wildman–Crippen LogP) is 3.33. The molecule has 1 N–H and O–H groups in total. The van der Waals surface area contributed by atoms with Crippen molar-refractivity contribution < 1.29 is 0 Å². The highest BCUT2D eigenvalue weighted by Gasteiger charge is 2.17. The zero-order valence-electron chi connectivity index (χ0n) is 13.2. The van der Waals surface area contributed by atoms with Gasteiger partial charge in [0.25, 0.3) is 0 Å². The first-order chi connectivity index (χ1) is 9.56. The van der Waals surface area contributed by atoms with Crippen LogP contribution >= 0.6 is 0 Å². The van der Waals surface area contributed by atoms with Crippen molar-refractivity contribution in [3.63, 3.8) is 0 Å². The van der Waals surface area contributed by atoms with Crippen LogP contribution in [0.1, 0.15) is 41.0 Å². The molecule has 2 rings (SSSR count). The second-order valence-corrected chi connectivity index (χ2v) is 5.44. The molecular weight excluding hydrogens is 246 g/mol. The van der Waals surface area contributed by atoms with Gasteiger partial charge >= 0.3 is 0 Å². The van der Waals surface area contributed by atoms with Crippen LogP contribution in [0.5, 0.6) is 0 Å². The number of rotatable bonds is 5. The van der Waals surface area contributed by atoms with Crippen molar-refractivity contribution in [1.29, 1.82) is 0 Å². The summed E-state index contributed by atoms with van der Waals surface area (Å²) in [5, 5.41) is 8.01. The normalized spacial score (nSPS) is 12.7. The predicted molar refractivity (Wildman–Crippen MR) is 84.1 cm³/mol. The summed E-state index contributed by atoms with van der Waals surface area (Å²) in [6.45, 7) is 9.50. The van der Waals surface area contributed by atoms with Crippen LogP contribution in [0.15, 0.2) is 24.3 Å². The molecule has 0 bridgehead atoms. The van der Waals surface area contributed by atoms with E-state index in [0.29, 0.717) is 6.04 Å². The summed E-state index contributed by atoms with van der Waals surface area (Å²) < 4.78 is 2.10. The zero-order chi connectivity index (χ0) is 14.7. The second-order valence-electron chi connectivity index (χ2n) is 5.44. The molecule has 108 valence electrons. The van der Waals surface area contributed by atoms with E-state index in [1.807, 2.05) is 7.05 Å². The van der Waals surface area contributed by atoms with Gasteiger partial charge in [0, 0.05) is 24.7 Å². The average Bonchev–Trinajstić information content (AvgIpc) is 2.77. The van der Waals surface area contributed by atoms with Crippen molar-refractivity contribution in [3.8, 4) is 0 Å². The van der Waals surface area contributed by atoms with Crippen molar-refractivity contribution in [1.82, 2.24) is 15.1 Å². The average molecular weight is 271 g/mol. The molecule has 1 atom stereocenters. The summed E-state index contributed by atoms with van der Waals surface area (Å²) in [7, 11) is 2.04. The molecule has 0 aliphatic rings. The third-order valence-corrected chi connectivity index (χ3v) is 3.94. The Hall–Kier alpha value is -1.61. The van der Waals surface area contributed by atoms with Gasteiger partial charge < -0.3 is 5.32 Å². The van der Waals surface area contributed by atoms with Crippen LogP contribution in [0.4, 0.5) is 0 Å². The van der Waals surface area contributed by atoms with Gasteiger partial charge in [-0.25, -0.2) is 0 Å². The highest BCUT2D eigenvalue weighted by Crippen LogP contribution is 2.25. The van der Waals surface area contributed by atoms with Crippen molar-refractivity contribution in [3.05, 3.63) is 52.3 Å². The summed E-state index contributed by atoms with van der Waals surface area (Å²) in [4.78, 5) is 0. The Bertz CT molecular complexity index is 564. The first-order valence-electron chi connectivity index (χ1n) is 7.33. The molecule has 1 aromatic carbocycles. The maximum absolute atomic E-state index is 4.54. The minimum atomic E-state index is 0.331. The maximum Gasteiger partial charge on any atom is 0.0596 e. The fourth-order valence-electron chi connectivity index (χ4n) is 2.97. The van der Waals surface area contributed by atoms with Crippen LogP contribution < -0.4 is 5.32 Å². The zero-order valence-corrected chi connectivity index (χ0v) is 13.2. The molecule has 1 aromatic heterocycles. The summed E-state index contributed by atoms with van der Waals surface area (Å²) in [6.07, 6.45) is 0.969. The van der Waals surface area contributed by atoms with E-state index in [2.05, 4.69) is 67.1 Å². The number of likely N-dealkylation sites (N-methyl/N-ethyl adjacent to an activating group) is 1. The van der Waals surface area contributed by atoms with Crippen LogP contribution in [0.25, 0.3) is 0 Å². The number of aryl methyl sites for hydroxylation is 4. The summed E-state index contributed by atoms with van der Waals surface area (Å²) in [6, 6.07) is 9.03. The highest BCUT2D eigenvalue weighted by molar-refractivity contribution is 5.37. The Morgan fingerprint density at radius 1 is 1.20 bits per heavy atom. The van der Waals surface area contributed by atoms with E-state index in [4.69, 9.17) is 0 Å². The number of hydrogen-bond acceptors (Lipinski definition) is 2. The van der Waals surface area contributed by atoms with Gasteiger partial charge in [-0.1, -0.05) is 18.2 Å². The number of nitrogens with zero attached hydrogens (tertiary/aromatic N) is 2. The van der Waals surface area contributed by atoms with Crippen LogP contribution in [0, 0.1) is 20.8 Å². The van der Waals surface area contributed by atoms with Crippen molar-refractivity contribution in [2.45, 2.75) is 46.7 Å². The third kappa shape index (κ3) is 2.93. The Morgan fingerprint density at radius 2 is 1.85 bits per heavy atom. The molecular formula is C17H25N3. The quantitative estimate of drug-likeness (QED) is 0.904. The lowest BCUT2D eigenvalue weighted by Gasteiger charge is -2.21. The van der Waals surface area contributed by atoms with E-state index in [0.717, 1.165) is 18.7 Å². The molecule has 3 nitrogen and oxygen atoms in total. The molecule has 0 radical (unpaired) electrons. The maximum atomic E-state index is 4.54. The first kappa shape index (κ1) is 14.8. The SMILES string of the molecule is CCn1nc(C)cc1CC(NC)c1c(C)cccc1C. The van der Waals surface area contributed by atoms with E-state index >= 15 is 0 Å². The minimum Gasteiger partial charge on any atom is -0.313 e. The van der Waals surface area contributed by atoms with Gasteiger partial charge in [0.2, 0.25) is 0 Å². The molecule has 1 unspecified atom stereocenters. The lowest BCUT2D eigenvalue weighted by molar-refractivity contribution is 0.537. The van der Waals surface area contributed by atoms with Gasteiger partial charge in [0.1, 0.15) is 0 Å². The monoisotopic (exact) mass is 271 g/mol. The van der Waals surface area contributed by atoms with Crippen molar-refractivity contribution >= 4 is 0 Å².